The van der Waals surface area contributed by atoms with Crippen molar-refractivity contribution >= 4 is 45.2 Å². The van der Waals surface area contributed by atoms with Gasteiger partial charge in [-0.3, -0.25) is 4.79 Å². The molecule has 1 aliphatic rings. The zero-order valence-corrected chi connectivity index (χ0v) is 13.2. The van der Waals surface area contributed by atoms with Crippen LogP contribution in [-0.2, 0) is 16.0 Å². The van der Waals surface area contributed by atoms with Crippen molar-refractivity contribution in [1.82, 2.24) is 5.16 Å². The standard InChI is InChI=1S/C15H12F3NO4S.Na.H/c1-24(21,22)12-6-9(15(16,17)18)4-5-10(12)13(20)11-7-19-23-14(11)8-2-3-8;;/h4-8H,2-3H2,1H3;;. The van der Waals surface area contributed by atoms with Crippen LogP contribution in [0.2, 0.25) is 0 Å². The number of halogens is 3. The number of hydrogen-bond acceptors (Lipinski definition) is 5. The van der Waals surface area contributed by atoms with E-state index in [1.165, 1.54) is 6.20 Å². The Hall–Kier alpha value is -1.16. The van der Waals surface area contributed by atoms with Gasteiger partial charge < -0.3 is 4.52 Å². The molecule has 0 amide bonds. The molecule has 0 bridgehead atoms. The summed E-state index contributed by atoms with van der Waals surface area (Å²) in [7, 11) is -4.04. The summed E-state index contributed by atoms with van der Waals surface area (Å²) in [6, 6.07) is 2.05. The third-order valence-electron chi connectivity index (χ3n) is 3.74. The molecule has 3 rings (SSSR count). The molecule has 0 unspecified atom stereocenters. The molecule has 2 aromatic rings. The Morgan fingerprint density at radius 2 is 1.88 bits per heavy atom. The second-order valence-electron chi connectivity index (χ2n) is 5.69. The molecule has 0 aliphatic heterocycles. The molecule has 1 aromatic heterocycles. The van der Waals surface area contributed by atoms with Crippen molar-refractivity contribution in [3.05, 3.63) is 46.8 Å². The number of sulfone groups is 1. The fourth-order valence-corrected chi connectivity index (χ4v) is 3.30. The maximum absolute atomic E-state index is 12.8. The first kappa shape index (κ1) is 20.2. The van der Waals surface area contributed by atoms with Gasteiger partial charge in [0, 0.05) is 17.7 Å². The average Bonchev–Trinajstić information content (AvgIpc) is 3.21. The molecule has 10 heteroatoms. The molecule has 130 valence electrons. The minimum atomic E-state index is -4.71. The predicted molar refractivity (Wildman–Crippen MR) is 83.6 cm³/mol. The van der Waals surface area contributed by atoms with E-state index in [1.807, 2.05) is 0 Å². The summed E-state index contributed by atoms with van der Waals surface area (Å²) in [4.78, 5) is 12.0. The second-order valence-corrected chi connectivity index (χ2v) is 7.67. The number of ketones is 1. The average molecular weight is 383 g/mol. The van der Waals surface area contributed by atoms with Crippen LogP contribution >= 0.6 is 0 Å². The van der Waals surface area contributed by atoms with Crippen molar-refractivity contribution in [3.8, 4) is 0 Å². The van der Waals surface area contributed by atoms with Crippen molar-refractivity contribution in [1.29, 1.82) is 0 Å². The number of hydrogen-bond donors (Lipinski definition) is 0. The Kier molecular flexibility index (Phi) is 5.53. The molecule has 25 heavy (non-hydrogen) atoms. The summed E-state index contributed by atoms with van der Waals surface area (Å²) in [6.45, 7) is 0. The summed E-state index contributed by atoms with van der Waals surface area (Å²) in [5.41, 5.74) is -1.37. The number of carbonyl (C=O) groups excluding carboxylic acids is 1. The van der Waals surface area contributed by atoms with Gasteiger partial charge in [0.25, 0.3) is 0 Å². The van der Waals surface area contributed by atoms with Crippen LogP contribution in [0.25, 0.3) is 0 Å². The van der Waals surface area contributed by atoms with Crippen LogP contribution in [0.4, 0.5) is 13.2 Å². The van der Waals surface area contributed by atoms with E-state index < -0.39 is 32.3 Å². The fourth-order valence-electron chi connectivity index (χ4n) is 2.40. The SMILES string of the molecule is CS(=O)(=O)c1cc(C(F)(F)F)ccc1C(=O)c1cnoc1C1CC1.[NaH]. The van der Waals surface area contributed by atoms with Gasteiger partial charge in [-0.15, -0.1) is 0 Å². The molecule has 1 aromatic carbocycles. The van der Waals surface area contributed by atoms with Crippen molar-refractivity contribution in [2.75, 3.05) is 6.26 Å². The van der Waals surface area contributed by atoms with Crippen molar-refractivity contribution in [2.45, 2.75) is 29.8 Å². The zero-order valence-electron chi connectivity index (χ0n) is 12.4. The molecule has 1 saturated carbocycles. The van der Waals surface area contributed by atoms with Crippen molar-refractivity contribution in [3.63, 3.8) is 0 Å². The predicted octanol–water partition coefficient (Wildman–Crippen LogP) is 2.56. The van der Waals surface area contributed by atoms with Gasteiger partial charge in [0.1, 0.15) is 0 Å². The van der Waals surface area contributed by atoms with E-state index in [0.717, 1.165) is 25.2 Å². The van der Waals surface area contributed by atoms with Gasteiger partial charge in [0.15, 0.2) is 21.4 Å². The molecule has 1 aliphatic carbocycles. The Balaban J connectivity index is 0.00000225. The van der Waals surface area contributed by atoms with Crippen molar-refractivity contribution < 1.29 is 30.9 Å². The van der Waals surface area contributed by atoms with Gasteiger partial charge in [-0.05, 0) is 31.0 Å². The summed E-state index contributed by atoms with van der Waals surface area (Å²) in [5, 5.41) is 3.55. The number of nitrogens with zero attached hydrogens (tertiary/aromatic N) is 1. The maximum atomic E-state index is 12.8. The van der Waals surface area contributed by atoms with Crippen molar-refractivity contribution in [2.24, 2.45) is 0 Å². The molecule has 0 spiro atoms. The molecule has 5 nitrogen and oxygen atoms in total. The summed E-state index contributed by atoms with van der Waals surface area (Å²) in [5.74, 6) is -0.325. The van der Waals surface area contributed by atoms with Crippen LogP contribution in [0, 0.1) is 0 Å². The summed E-state index contributed by atoms with van der Waals surface area (Å²) < 4.78 is 67.3. The normalized spacial score (nSPS) is 14.9. The molecule has 0 saturated heterocycles. The summed E-state index contributed by atoms with van der Waals surface area (Å²) >= 11 is 0. The monoisotopic (exact) mass is 383 g/mol. The first-order valence-corrected chi connectivity index (χ1v) is 8.88. The Morgan fingerprint density at radius 3 is 2.40 bits per heavy atom. The number of alkyl halides is 3. The number of rotatable bonds is 4. The van der Waals surface area contributed by atoms with E-state index >= 15 is 0 Å². The second kappa shape index (κ2) is 6.86. The molecule has 0 N–H and O–H groups in total. The van der Waals surface area contributed by atoms with Crippen LogP contribution in [-0.4, -0.2) is 55.2 Å². The van der Waals surface area contributed by atoms with Crippen LogP contribution in [0.3, 0.4) is 0 Å². The molecular formula is C15H13F3NNaO4S. The van der Waals surface area contributed by atoms with Gasteiger partial charge in [0.2, 0.25) is 0 Å². The van der Waals surface area contributed by atoms with Crippen LogP contribution in [0.15, 0.2) is 33.8 Å². The summed E-state index contributed by atoms with van der Waals surface area (Å²) in [6.07, 6.45) is -1.14. The topological polar surface area (TPSA) is 77.2 Å². The molecule has 0 atom stereocenters. The Labute approximate surface area is 163 Å². The number of benzene rings is 1. The van der Waals surface area contributed by atoms with E-state index in [2.05, 4.69) is 5.16 Å². The quantitative estimate of drug-likeness (QED) is 0.599. The Bertz CT molecular complexity index is 917. The minimum absolute atomic E-state index is 0. The van der Waals surface area contributed by atoms with Gasteiger partial charge in [-0.1, -0.05) is 5.16 Å². The van der Waals surface area contributed by atoms with Crippen LogP contribution in [0.1, 0.15) is 46.0 Å². The first-order valence-electron chi connectivity index (χ1n) is 6.99. The van der Waals surface area contributed by atoms with Gasteiger partial charge >= 0.3 is 35.7 Å². The van der Waals surface area contributed by atoms with Gasteiger partial charge in [-0.2, -0.15) is 13.2 Å². The number of aromatic nitrogens is 1. The van der Waals surface area contributed by atoms with E-state index in [9.17, 15) is 26.4 Å². The third-order valence-corrected chi connectivity index (χ3v) is 4.88. The molecule has 1 heterocycles. The fraction of sp³-hybridized carbons (Fsp3) is 0.333. The van der Waals surface area contributed by atoms with E-state index in [-0.39, 0.29) is 46.6 Å². The van der Waals surface area contributed by atoms with E-state index in [4.69, 9.17) is 4.52 Å². The van der Waals surface area contributed by atoms with E-state index in [0.29, 0.717) is 17.9 Å². The first-order chi connectivity index (χ1) is 11.1. The Morgan fingerprint density at radius 1 is 1.24 bits per heavy atom. The van der Waals surface area contributed by atoms with E-state index in [1.54, 1.807) is 0 Å². The van der Waals surface area contributed by atoms with Crippen LogP contribution in [0.5, 0.6) is 0 Å². The van der Waals surface area contributed by atoms with Gasteiger partial charge in [0.05, 0.1) is 22.2 Å². The number of carbonyl (C=O) groups is 1. The van der Waals surface area contributed by atoms with Crippen LogP contribution < -0.4 is 0 Å². The van der Waals surface area contributed by atoms with Gasteiger partial charge in [-0.25, -0.2) is 8.42 Å². The zero-order chi connectivity index (χ0) is 17.7. The molecule has 1 fully saturated rings. The molecule has 0 radical (unpaired) electrons. The third kappa shape index (κ3) is 4.16. The molecular weight excluding hydrogens is 370 g/mol.